The van der Waals surface area contributed by atoms with Crippen molar-refractivity contribution in [2.24, 2.45) is 5.92 Å². The topological polar surface area (TPSA) is 38.3 Å². The fourth-order valence-corrected chi connectivity index (χ4v) is 3.46. The maximum atomic E-state index is 12.4. The molecule has 4 heteroatoms. The summed E-state index contributed by atoms with van der Waals surface area (Å²) < 4.78 is 5.68. The average molecular weight is 324 g/mol. The zero-order valence-electron chi connectivity index (χ0n) is 10.8. The van der Waals surface area contributed by atoms with Crippen LogP contribution in [-0.2, 0) is 11.2 Å². The van der Waals surface area contributed by atoms with Gasteiger partial charge in [-0.1, -0.05) is 34.1 Å². The van der Waals surface area contributed by atoms with Gasteiger partial charge < -0.3 is 10.1 Å². The number of benzene rings is 1. The van der Waals surface area contributed by atoms with Crippen LogP contribution in [0.4, 0.5) is 0 Å². The van der Waals surface area contributed by atoms with Crippen LogP contribution in [0.15, 0.2) is 24.3 Å². The number of alkyl halides is 1. The maximum Gasteiger partial charge on any atom is 0.227 e. The van der Waals surface area contributed by atoms with Crippen molar-refractivity contribution in [3.8, 4) is 5.75 Å². The zero-order chi connectivity index (χ0) is 13.3. The van der Waals surface area contributed by atoms with Crippen molar-refractivity contribution in [3.05, 3.63) is 29.8 Å². The summed E-state index contributed by atoms with van der Waals surface area (Å²) in [6.07, 6.45) is 4.14. The smallest absolute Gasteiger partial charge is 0.227 e. The van der Waals surface area contributed by atoms with E-state index >= 15 is 0 Å². The standard InChI is InChI=1S/C15H18BrNO2/c16-10-15(6-3-7-15)17-14(18)12-8-11-4-1-2-5-13(11)19-9-12/h1-2,4-5,12H,3,6-10H2,(H,17,18). The molecule has 3 rings (SSSR count). The molecule has 1 aliphatic heterocycles. The molecule has 1 amide bonds. The lowest BCUT2D eigenvalue weighted by molar-refractivity contribution is -0.129. The van der Waals surface area contributed by atoms with Crippen LogP contribution in [0.1, 0.15) is 24.8 Å². The van der Waals surface area contributed by atoms with Crippen LogP contribution in [0, 0.1) is 5.92 Å². The Hall–Kier alpha value is -1.03. The lowest BCUT2D eigenvalue weighted by Crippen LogP contribution is -2.57. The van der Waals surface area contributed by atoms with Crippen molar-refractivity contribution < 1.29 is 9.53 Å². The van der Waals surface area contributed by atoms with E-state index in [2.05, 4.69) is 21.2 Å². The number of hydrogen-bond acceptors (Lipinski definition) is 2. The first kappa shape index (κ1) is 13.0. The van der Waals surface area contributed by atoms with E-state index in [4.69, 9.17) is 4.74 Å². The van der Waals surface area contributed by atoms with E-state index in [1.165, 1.54) is 6.42 Å². The van der Waals surface area contributed by atoms with Gasteiger partial charge in [0.25, 0.3) is 0 Å². The summed E-state index contributed by atoms with van der Waals surface area (Å²) in [5.74, 6) is 0.991. The lowest BCUT2D eigenvalue weighted by atomic mass is 9.78. The summed E-state index contributed by atoms with van der Waals surface area (Å²) in [7, 11) is 0. The number of hydrogen-bond donors (Lipinski definition) is 1. The molecular formula is C15H18BrNO2. The quantitative estimate of drug-likeness (QED) is 0.868. The Balaban J connectivity index is 1.66. The molecule has 1 fully saturated rings. The Kier molecular flexibility index (Phi) is 3.52. The number of halogens is 1. The van der Waals surface area contributed by atoms with Crippen LogP contribution >= 0.6 is 15.9 Å². The third-order valence-electron chi connectivity index (χ3n) is 4.20. The number of amides is 1. The summed E-state index contributed by atoms with van der Waals surface area (Å²) in [5.41, 5.74) is 1.13. The summed E-state index contributed by atoms with van der Waals surface area (Å²) in [6, 6.07) is 7.97. The highest BCUT2D eigenvalue weighted by Crippen LogP contribution is 2.34. The molecule has 0 bridgehead atoms. The first-order valence-electron chi connectivity index (χ1n) is 6.81. The van der Waals surface area contributed by atoms with Crippen LogP contribution in [-0.4, -0.2) is 23.4 Å². The van der Waals surface area contributed by atoms with Crippen molar-refractivity contribution in [3.63, 3.8) is 0 Å². The number of para-hydroxylation sites is 1. The molecule has 1 atom stereocenters. The number of ether oxygens (including phenoxy) is 1. The second kappa shape index (κ2) is 5.16. The molecule has 3 nitrogen and oxygen atoms in total. The highest BCUT2D eigenvalue weighted by molar-refractivity contribution is 9.09. The number of carbonyl (C=O) groups is 1. The second-order valence-corrected chi connectivity index (χ2v) is 6.14. The third-order valence-corrected chi connectivity index (χ3v) is 5.28. The van der Waals surface area contributed by atoms with Crippen molar-refractivity contribution in [1.82, 2.24) is 5.32 Å². The Bertz CT molecular complexity index is 479. The van der Waals surface area contributed by atoms with Gasteiger partial charge in [0.1, 0.15) is 12.4 Å². The molecule has 19 heavy (non-hydrogen) atoms. The van der Waals surface area contributed by atoms with Gasteiger partial charge in [-0.25, -0.2) is 0 Å². The minimum atomic E-state index is -0.0635. The van der Waals surface area contributed by atoms with Crippen LogP contribution in [0.3, 0.4) is 0 Å². The predicted molar refractivity (Wildman–Crippen MR) is 77.6 cm³/mol. The molecule has 1 aromatic rings. The van der Waals surface area contributed by atoms with Crippen molar-refractivity contribution >= 4 is 21.8 Å². The summed E-state index contributed by atoms with van der Waals surface area (Å²) in [5, 5.41) is 4.06. The normalized spacial score (nSPS) is 23.7. The monoisotopic (exact) mass is 323 g/mol. The molecule has 1 unspecified atom stereocenters. The third kappa shape index (κ3) is 2.50. The molecule has 1 aromatic carbocycles. The number of fused-ring (bicyclic) bond motifs is 1. The van der Waals surface area contributed by atoms with Crippen LogP contribution in [0.5, 0.6) is 5.75 Å². The van der Waals surface area contributed by atoms with Crippen molar-refractivity contribution in [1.29, 1.82) is 0 Å². The molecule has 1 saturated carbocycles. The minimum absolute atomic E-state index is 0.00590. The molecule has 0 radical (unpaired) electrons. The predicted octanol–water partition coefficient (Wildman–Crippen LogP) is 2.67. The van der Waals surface area contributed by atoms with Gasteiger partial charge in [0.05, 0.1) is 5.92 Å². The number of rotatable bonds is 3. The van der Waals surface area contributed by atoms with Crippen LogP contribution in [0.25, 0.3) is 0 Å². The maximum absolute atomic E-state index is 12.4. The Morgan fingerprint density at radius 3 is 2.89 bits per heavy atom. The molecular weight excluding hydrogens is 306 g/mol. The summed E-state index contributed by atoms with van der Waals surface area (Å²) in [4.78, 5) is 12.4. The van der Waals surface area contributed by atoms with E-state index in [-0.39, 0.29) is 17.4 Å². The van der Waals surface area contributed by atoms with Gasteiger partial charge in [0, 0.05) is 10.9 Å². The van der Waals surface area contributed by atoms with Gasteiger partial charge in [-0.3, -0.25) is 4.79 Å². The first-order chi connectivity index (χ1) is 9.22. The lowest BCUT2D eigenvalue weighted by Gasteiger charge is -2.42. The summed E-state index contributed by atoms with van der Waals surface area (Å²) >= 11 is 3.52. The highest BCUT2D eigenvalue weighted by Gasteiger charge is 2.39. The Morgan fingerprint density at radius 1 is 1.42 bits per heavy atom. The molecule has 0 saturated heterocycles. The van der Waals surface area contributed by atoms with E-state index < -0.39 is 0 Å². The van der Waals surface area contributed by atoms with E-state index in [1.807, 2.05) is 24.3 Å². The fraction of sp³-hybridized carbons (Fsp3) is 0.533. The molecule has 0 aromatic heterocycles. The van der Waals surface area contributed by atoms with Crippen molar-refractivity contribution in [2.75, 3.05) is 11.9 Å². The molecule has 1 N–H and O–H groups in total. The average Bonchev–Trinajstić information content (AvgIpc) is 2.42. The van der Waals surface area contributed by atoms with Gasteiger partial charge in [-0.2, -0.15) is 0 Å². The van der Waals surface area contributed by atoms with Crippen molar-refractivity contribution in [2.45, 2.75) is 31.2 Å². The first-order valence-corrected chi connectivity index (χ1v) is 7.93. The molecule has 0 spiro atoms. The van der Waals surface area contributed by atoms with Crippen LogP contribution in [0.2, 0.25) is 0 Å². The van der Waals surface area contributed by atoms with E-state index in [9.17, 15) is 4.79 Å². The Labute approximate surface area is 121 Å². The van der Waals surface area contributed by atoms with Gasteiger partial charge in [-0.05, 0) is 37.3 Å². The molecule has 1 aliphatic carbocycles. The van der Waals surface area contributed by atoms with E-state index in [1.54, 1.807) is 0 Å². The zero-order valence-corrected chi connectivity index (χ0v) is 12.4. The fourth-order valence-electron chi connectivity index (χ4n) is 2.76. The van der Waals surface area contributed by atoms with Crippen LogP contribution < -0.4 is 10.1 Å². The molecule has 2 aliphatic rings. The second-order valence-electron chi connectivity index (χ2n) is 5.58. The van der Waals surface area contributed by atoms with Gasteiger partial charge in [0.2, 0.25) is 5.91 Å². The van der Waals surface area contributed by atoms with Gasteiger partial charge >= 0.3 is 0 Å². The highest BCUT2D eigenvalue weighted by atomic mass is 79.9. The SMILES string of the molecule is O=C(NC1(CBr)CCC1)C1COc2ccccc2C1. The largest absolute Gasteiger partial charge is 0.492 e. The molecule has 1 heterocycles. The van der Waals surface area contributed by atoms with E-state index in [0.29, 0.717) is 6.61 Å². The number of carbonyl (C=O) groups excluding carboxylic acids is 1. The van der Waals surface area contributed by atoms with E-state index in [0.717, 1.165) is 35.9 Å². The molecule has 102 valence electrons. The van der Waals surface area contributed by atoms with Gasteiger partial charge in [-0.15, -0.1) is 0 Å². The summed E-state index contributed by atoms with van der Waals surface area (Å²) in [6.45, 7) is 0.487. The Morgan fingerprint density at radius 2 is 2.21 bits per heavy atom. The van der Waals surface area contributed by atoms with Gasteiger partial charge in [0.15, 0.2) is 0 Å². The number of nitrogens with one attached hydrogen (secondary N) is 1. The minimum Gasteiger partial charge on any atom is -0.492 e.